The predicted octanol–water partition coefficient (Wildman–Crippen LogP) is 3.39. The molecule has 0 spiro atoms. The molecule has 0 aliphatic carbocycles. The highest BCUT2D eigenvalue weighted by Crippen LogP contribution is 2.21. The number of methoxy groups -OCH3 is 1. The van der Waals surface area contributed by atoms with Crippen molar-refractivity contribution in [2.75, 3.05) is 33.0 Å². The quantitative estimate of drug-likeness (QED) is 0.445. The second-order valence-corrected chi connectivity index (χ2v) is 9.33. The fraction of sp³-hybridized carbons (Fsp3) is 0.435. The van der Waals surface area contributed by atoms with Crippen molar-refractivity contribution in [3.63, 3.8) is 0 Å². The third-order valence-electron chi connectivity index (χ3n) is 4.92. The monoisotopic (exact) mass is 431 g/mol. The summed E-state index contributed by atoms with van der Waals surface area (Å²) in [7, 11) is -1.48. The average molecular weight is 432 g/mol. The average Bonchev–Trinajstić information content (AvgIpc) is 2.73. The van der Waals surface area contributed by atoms with Crippen LogP contribution in [0.4, 0.5) is 0 Å². The number of ether oxygens (including phenoxy) is 1. The van der Waals surface area contributed by atoms with Crippen LogP contribution in [0.5, 0.6) is 5.75 Å². The van der Waals surface area contributed by atoms with Crippen molar-refractivity contribution >= 4 is 15.8 Å². The van der Waals surface area contributed by atoms with Crippen LogP contribution < -0.4 is 15.4 Å². The van der Waals surface area contributed by atoms with Gasteiger partial charge in [-0.15, -0.1) is 0 Å². The van der Waals surface area contributed by atoms with Crippen LogP contribution in [0.25, 0.3) is 0 Å². The number of hydrogen-bond donors (Lipinski definition) is 2. The third-order valence-corrected chi connectivity index (χ3v) is 6.05. The Labute approximate surface area is 180 Å². The van der Waals surface area contributed by atoms with Gasteiger partial charge < -0.3 is 15.4 Å². The molecule has 0 saturated heterocycles. The molecular formula is C23H33N3O3S. The van der Waals surface area contributed by atoms with Gasteiger partial charge in [0.25, 0.3) is 0 Å². The molecule has 164 valence electrons. The molecule has 0 radical (unpaired) electrons. The van der Waals surface area contributed by atoms with Crippen molar-refractivity contribution in [1.29, 1.82) is 0 Å². The lowest BCUT2D eigenvalue weighted by Crippen LogP contribution is -2.38. The van der Waals surface area contributed by atoms with Gasteiger partial charge in [-0.2, -0.15) is 0 Å². The second-order valence-electron chi connectivity index (χ2n) is 7.32. The highest BCUT2D eigenvalue weighted by Gasteiger charge is 2.07. The van der Waals surface area contributed by atoms with Gasteiger partial charge in [-0.1, -0.05) is 31.2 Å². The van der Waals surface area contributed by atoms with E-state index >= 15 is 0 Å². The molecule has 1 atom stereocenters. The van der Waals surface area contributed by atoms with E-state index in [1.165, 1.54) is 11.8 Å². The SMILES string of the molecule is CCNC(=NCCC(C)c1ccc(OC)cc1)NCCc1ccc(S(C)(=O)=O)cc1. The molecule has 0 aliphatic rings. The first kappa shape index (κ1) is 23.7. The number of hydrogen-bond acceptors (Lipinski definition) is 4. The summed E-state index contributed by atoms with van der Waals surface area (Å²) in [5, 5.41) is 6.62. The van der Waals surface area contributed by atoms with Crippen LogP contribution in [0.2, 0.25) is 0 Å². The summed E-state index contributed by atoms with van der Waals surface area (Å²) in [5.74, 6) is 2.08. The van der Waals surface area contributed by atoms with Crippen molar-refractivity contribution in [1.82, 2.24) is 10.6 Å². The van der Waals surface area contributed by atoms with Crippen molar-refractivity contribution in [3.05, 3.63) is 59.7 Å². The van der Waals surface area contributed by atoms with E-state index in [4.69, 9.17) is 4.74 Å². The third kappa shape index (κ3) is 7.71. The van der Waals surface area contributed by atoms with Gasteiger partial charge in [-0.3, -0.25) is 4.99 Å². The molecule has 0 aliphatic heterocycles. The minimum atomic E-state index is -3.15. The maximum atomic E-state index is 11.5. The van der Waals surface area contributed by atoms with Crippen LogP contribution >= 0.6 is 0 Å². The Morgan fingerprint density at radius 3 is 2.30 bits per heavy atom. The Morgan fingerprint density at radius 2 is 1.73 bits per heavy atom. The summed E-state index contributed by atoms with van der Waals surface area (Å²) in [4.78, 5) is 5.03. The van der Waals surface area contributed by atoms with Crippen molar-refractivity contribution in [3.8, 4) is 5.75 Å². The first-order valence-electron chi connectivity index (χ1n) is 10.3. The number of sulfone groups is 1. The topological polar surface area (TPSA) is 79.8 Å². The van der Waals surface area contributed by atoms with Crippen molar-refractivity contribution < 1.29 is 13.2 Å². The minimum Gasteiger partial charge on any atom is -0.497 e. The van der Waals surface area contributed by atoms with Gasteiger partial charge in [-0.25, -0.2) is 8.42 Å². The summed E-state index contributed by atoms with van der Waals surface area (Å²) in [6.45, 7) is 6.49. The summed E-state index contributed by atoms with van der Waals surface area (Å²) >= 11 is 0. The maximum absolute atomic E-state index is 11.5. The molecule has 0 heterocycles. The Bertz CT molecular complexity index is 908. The van der Waals surface area contributed by atoms with E-state index in [-0.39, 0.29) is 0 Å². The van der Waals surface area contributed by atoms with Crippen LogP contribution in [-0.2, 0) is 16.3 Å². The molecule has 0 fully saturated rings. The highest BCUT2D eigenvalue weighted by molar-refractivity contribution is 7.90. The number of nitrogens with one attached hydrogen (secondary N) is 2. The lowest BCUT2D eigenvalue weighted by atomic mass is 9.98. The second kappa shape index (κ2) is 11.6. The van der Waals surface area contributed by atoms with E-state index < -0.39 is 9.84 Å². The molecule has 0 bridgehead atoms. The number of guanidine groups is 1. The van der Waals surface area contributed by atoms with Crippen LogP contribution in [0.1, 0.15) is 37.3 Å². The first-order valence-corrected chi connectivity index (χ1v) is 12.2. The predicted molar refractivity (Wildman–Crippen MR) is 123 cm³/mol. The molecule has 0 amide bonds. The molecular weight excluding hydrogens is 398 g/mol. The summed E-state index contributed by atoms with van der Waals surface area (Å²) in [6, 6.07) is 15.2. The first-order chi connectivity index (χ1) is 14.3. The van der Waals surface area contributed by atoms with E-state index in [1.54, 1.807) is 19.2 Å². The number of rotatable bonds is 10. The van der Waals surface area contributed by atoms with Crippen LogP contribution in [0.15, 0.2) is 58.4 Å². The zero-order valence-corrected chi connectivity index (χ0v) is 19.1. The summed E-state index contributed by atoms with van der Waals surface area (Å²) in [6.07, 6.45) is 2.96. The molecule has 7 heteroatoms. The zero-order valence-electron chi connectivity index (χ0n) is 18.3. The van der Waals surface area contributed by atoms with Gasteiger partial charge in [0.05, 0.1) is 12.0 Å². The normalized spacial score (nSPS) is 13.0. The molecule has 30 heavy (non-hydrogen) atoms. The van der Waals surface area contributed by atoms with Gasteiger partial charge >= 0.3 is 0 Å². The summed E-state index contributed by atoms with van der Waals surface area (Å²) < 4.78 is 28.3. The fourth-order valence-electron chi connectivity index (χ4n) is 3.04. The van der Waals surface area contributed by atoms with E-state index in [0.29, 0.717) is 10.8 Å². The fourth-order valence-corrected chi connectivity index (χ4v) is 3.67. The number of aliphatic imine (C=N–C) groups is 1. The Morgan fingerprint density at radius 1 is 1.07 bits per heavy atom. The molecule has 1 unspecified atom stereocenters. The molecule has 0 aromatic heterocycles. The van der Waals surface area contributed by atoms with Gasteiger partial charge in [0, 0.05) is 25.9 Å². The lowest BCUT2D eigenvalue weighted by molar-refractivity contribution is 0.414. The van der Waals surface area contributed by atoms with Crippen molar-refractivity contribution in [2.45, 2.75) is 37.5 Å². The van der Waals surface area contributed by atoms with E-state index in [9.17, 15) is 8.42 Å². The molecule has 2 aromatic rings. The van der Waals surface area contributed by atoms with Gasteiger partial charge in [0.1, 0.15) is 5.75 Å². The summed E-state index contributed by atoms with van der Waals surface area (Å²) in [5.41, 5.74) is 2.36. The minimum absolute atomic E-state index is 0.347. The molecule has 2 N–H and O–H groups in total. The lowest BCUT2D eigenvalue weighted by Gasteiger charge is -2.14. The smallest absolute Gasteiger partial charge is 0.191 e. The van der Waals surface area contributed by atoms with Gasteiger partial charge in [0.15, 0.2) is 15.8 Å². The van der Waals surface area contributed by atoms with Crippen LogP contribution in [0.3, 0.4) is 0 Å². The Kier molecular flexibility index (Phi) is 9.17. The molecule has 0 saturated carbocycles. The Balaban J connectivity index is 1.83. The van der Waals surface area contributed by atoms with E-state index in [1.807, 2.05) is 31.2 Å². The highest BCUT2D eigenvalue weighted by atomic mass is 32.2. The number of benzene rings is 2. The van der Waals surface area contributed by atoms with Crippen LogP contribution in [-0.4, -0.2) is 47.4 Å². The Hall–Kier alpha value is -2.54. The van der Waals surface area contributed by atoms with Gasteiger partial charge in [0.2, 0.25) is 0 Å². The largest absolute Gasteiger partial charge is 0.497 e. The van der Waals surface area contributed by atoms with Crippen molar-refractivity contribution in [2.24, 2.45) is 4.99 Å². The number of nitrogens with zero attached hydrogens (tertiary/aromatic N) is 1. The molecule has 2 aromatic carbocycles. The van der Waals surface area contributed by atoms with E-state index in [0.717, 1.165) is 49.7 Å². The van der Waals surface area contributed by atoms with Crippen LogP contribution in [0, 0.1) is 0 Å². The van der Waals surface area contributed by atoms with E-state index in [2.05, 4.69) is 34.7 Å². The maximum Gasteiger partial charge on any atom is 0.191 e. The molecule has 2 rings (SSSR count). The standard InChI is InChI=1S/C23H33N3O3S/c1-5-24-23(25-16-14-18(2)20-8-10-21(29-3)11-9-20)26-17-15-19-6-12-22(13-7-19)30(4,27)28/h6-13,18H,5,14-17H2,1-4H3,(H2,24,25,26). The van der Waals surface area contributed by atoms with Gasteiger partial charge in [-0.05, 0) is 61.1 Å². The zero-order chi connectivity index (χ0) is 22.0. The molecule has 6 nitrogen and oxygen atoms in total.